The molecule has 3 nitrogen and oxygen atoms in total. The van der Waals surface area contributed by atoms with Gasteiger partial charge in [0.1, 0.15) is 0 Å². The zero-order chi connectivity index (χ0) is 23.3. The molecule has 0 aromatic carbocycles. The predicted octanol–water partition coefficient (Wildman–Crippen LogP) is 6.41. The van der Waals surface area contributed by atoms with Gasteiger partial charge in [-0.25, -0.2) is 0 Å². The van der Waals surface area contributed by atoms with E-state index in [1.807, 2.05) is 27.7 Å². The van der Waals surface area contributed by atoms with Gasteiger partial charge in [0.2, 0.25) is 0 Å². The summed E-state index contributed by atoms with van der Waals surface area (Å²) in [5.41, 5.74) is 0. The molecule has 0 aliphatic carbocycles. The molecule has 154 valence electrons. The van der Waals surface area contributed by atoms with E-state index in [0.29, 0.717) is 12.2 Å². The molecule has 0 heterocycles. The van der Waals surface area contributed by atoms with Gasteiger partial charge in [-0.15, -0.1) is 92.1 Å². The maximum absolute atomic E-state index is 7.62. The summed E-state index contributed by atoms with van der Waals surface area (Å²) in [6.45, 7) is 49.9. The Bertz CT molecular complexity index is 110. The maximum Gasteiger partial charge on any atom is 0.0662 e. The van der Waals surface area contributed by atoms with Crippen molar-refractivity contribution in [2.24, 2.45) is 0 Å². The standard InChI is InChI=1S/C6H14O.C2H6O2.7C2H4/c1-5(2)7-6(3)4;3-1-2-4;7*1-2/h5-6H,1-4H3;3-4H,1-2H2;7*1-2H2. The molecular formula is C22H48O3. The van der Waals surface area contributed by atoms with E-state index in [9.17, 15) is 0 Å². The molecule has 0 fully saturated rings. The molecule has 0 unspecified atom stereocenters. The van der Waals surface area contributed by atoms with E-state index < -0.39 is 0 Å². The number of rotatable bonds is 3. The molecule has 0 bridgehead atoms. The average Bonchev–Trinajstić information content (AvgIpc) is 2.72. The van der Waals surface area contributed by atoms with Gasteiger partial charge in [-0.2, -0.15) is 0 Å². The molecule has 0 radical (unpaired) electrons. The van der Waals surface area contributed by atoms with Crippen LogP contribution in [-0.4, -0.2) is 35.6 Å². The van der Waals surface area contributed by atoms with Crippen LogP contribution in [0.1, 0.15) is 27.7 Å². The number of aliphatic hydroxyl groups excluding tert-OH is 2. The van der Waals surface area contributed by atoms with E-state index in [2.05, 4.69) is 92.1 Å². The highest BCUT2D eigenvalue weighted by molar-refractivity contribution is 4.40. The second kappa shape index (κ2) is 196. The van der Waals surface area contributed by atoms with Gasteiger partial charge in [0.15, 0.2) is 0 Å². The Morgan fingerprint density at radius 2 is 0.600 bits per heavy atom. The Kier molecular flexibility index (Phi) is 446. The van der Waals surface area contributed by atoms with Crippen LogP contribution in [0.2, 0.25) is 0 Å². The van der Waals surface area contributed by atoms with Gasteiger partial charge >= 0.3 is 0 Å². The molecule has 0 saturated heterocycles. The molecule has 3 heteroatoms. The second-order valence-electron chi connectivity index (χ2n) is 2.68. The highest BCUT2D eigenvalue weighted by atomic mass is 16.5. The van der Waals surface area contributed by atoms with Crippen LogP contribution in [0.25, 0.3) is 0 Å². The summed E-state index contributed by atoms with van der Waals surface area (Å²) in [7, 11) is 0. The normalized spacial score (nSPS) is 5.44. The molecule has 0 aliphatic heterocycles. The Labute approximate surface area is 160 Å². The molecule has 0 atom stereocenters. The fourth-order valence-corrected chi connectivity index (χ4v) is 0.544. The van der Waals surface area contributed by atoms with Crippen LogP contribution in [0.15, 0.2) is 92.1 Å². The average molecular weight is 361 g/mol. The number of hydrogen-bond donors (Lipinski definition) is 2. The molecule has 0 amide bonds. The lowest BCUT2D eigenvalue weighted by atomic mass is 10.4. The summed E-state index contributed by atoms with van der Waals surface area (Å²) >= 11 is 0. The molecular weight excluding hydrogens is 312 g/mol. The van der Waals surface area contributed by atoms with Crippen molar-refractivity contribution in [1.29, 1.82) is 0 Å². The van der Waals surface area contributed by atoms with E-state index in [-0.39, 0.29) is 13.2 Å². The third-order valence-corrected chi connectivity index (χ3v) is 0.644. The first-order chi connectivity index (χ1) is 12.0. The van der Waals surface area contributed by atoms with Crippen molar-refractivity contribution in [2.45, 2.75) is 39.9 Å². The zero-order valence-corrected chi connectivity index (χ0v) is 17.8. The minimum atomic E-state index is -0.125. The Hall–Kier alpha value is -1.94. The molecule has 0 aromatic rings. The SMILES string of the molecule is C=C.C=C.C=C.C=C.C=C.C=C.C=C.CC(C)OC(C)C.OCCO. The van der Waals surface area contributed by atoms with Crippen molar-refractivity contribution < 1.29 is 14.9 Å². The summed E-state index contributed by atoms with van der Waals surface area (Å²) in [4.78, 5) is 0. The van der Waals surface area contributed by atoms with E-state index in [1.54, 1.807) is 0 Å². The van der Waals surface area contributed by atoms with Crippen LogP contribution < -0.4 is 0 Å². The summed E-state index contributed by atoms with van der Waals surface area (Å²) < 4.78 is 5.25. The van der Waals surface area contributed by atoms with Gasteiger partial charge in [-0.1, -0.05) is 0 Å². The summed E-state index contributed by atoms with van der Waals surface area (Å²) in [6, 6.07) is 0. The fourth-order valence-electron chi connectivity index (χ4n) is 0.544. The Balaban J connectivity index is -0.0000000178. The van der Waals surface area contributed by atoms with Gasteiger partial charge in [0.05, 0.1) is 25.4 Å². The molecule has 25 heavy (non-hydrogen) atoms. The van der Waals surface area contributed by atoms with Crippen molar-refractivity contribution in [3.63, 3.8) is 0 Å². The van der Waals surface area contributed by atoms with E-state index in [0.717, 1.165) is 0 Å². The third kappa shape index (κ3) is 948. The molecule has 0 rings (SSSR count). The monoisotopic (exact) mass is 360 g/mol. The predicted molar refractivity (Wildman–Crippen MR) is 124 cm³/mol. The van der Waals surface area contributed by atoms with Crippen LogP contribution >= 0.6 is 0 Å². The summed E-state index contributed by atoms with van der Waals surface area (Å²) in [6.07, 6.45) is 0.750. The molecule has 0 saturated carbocycles. The van der Waals surface area contributed by atoms with Gasteiger partial charge in [0, 0.05) is 0 Å². The Morgan fingerprint density at radius 1 is 0.480 bits per heavy atom. The largest absolute Gasteiger partial charge is 0.394 e. The van der Waals surface area contributed by atoms with Crippen molar-refractivity contribution in [3.8, 4) is 0 Å². The van der Waals surface area contributed by atoms with Crippen LogP contribution in [0.3, 0.4) is 0 Å². The first-order valence-corrected chi connectivity index (χ1v) is 7.41. The minimum Gasteiger partial charge on any atom is -0.394 e. The van der Waals surface area contributed by atoms with E-state index in [1.165, 1.54) is 0 Å². The van der Waals surface area contributed by atoms with Crippen molar-refractivity contribution in [1.82, 2.24) is 0 Å². The quantitative estimate of drug-likeness (QED) is 0.572. The van der Waals surface area contributed by atoms with Gasteiger partial charge in [-0.3, -0.25) is 0 Å². The van der Waals surface area contributed by atoms with Gasteiger partial charge < -0.3 is 14.9 Å². The zero-order valence-electron chi connectivity index (χ0n) is 17.8. The first-order valence-electron chi connectivity index (χ1n) is 7.41. The molecule has 0 aromatic heterocycles. The lowest BCUT2D eigenvalue weighted by Crippen LogP contribution is -2.09. The smallest absolute Gasteiger partial charge is 0.0662 e. The Morgan fingerprint density at radius 3 is 0.600 bits per heavy atom. The van der Waals surface area contributed by atoms with Crippen LogP contribution in [0.4, 0.5) is 0 Å². The lowest BCUT2D eigenvalue weighted by molar-refractivity contribution is 0.0300. The molecule has 2 N–H and O–H groups in total. The first kappa shape index (κ1) is 56.8. The summed E-state index contributed by atoms with van der Waals surface area (Å²) in [5, 5.41) is 15.2. The fraction of sp³-hybridized carbons (Fsp3) is 0.364. The highest BCUT2D eigenvalue weighted by Crippen LogP contribution is 1.93. The number of aliphatic hydroxyl groups is 2. The summed E-state index contributed by atoms with van der Waals surface area (Å²) in [5.74, 6) is 0. The van der Waals surface area contributed by atoms with Gasteiger partial charge in [-0.05, 0) is 27.7 Å². The third-order valence-electron chi connectivity index (χ3n) is 0.644. The van der Waals surface area contributed by atoms with E-state index in [4.69, 9.17) is 14.9 Å². The lowest BCUT2D eigenvalue weighted by Gasteiger charge is -2.09. The molecule has 0 spiro atoms. The minimum absolute atomic E-state index is 0.125. The maximum atomic E-state index is 7.62. The topological polar surface area (TPSA) is 49.7 Å². The molecule has 0 aliphatic rings. The van der Waals surface area contributed by atoms with Crippen molar-refractivity contribution >= 4 is 0 Å². The van der Waals surface area contributed by atoms with Gasteiger partial charge in [0.25, 0.3) is 0 Å². The number of hydrogen-bond acceptors (Lipinski definition) is 3. The highest BCUT2D eigenvalue weighted by Gasteiger charge is 1.94. The second-order valence-corrected chi connectivity index (χ2v) is 2.68. The van der Waals surface area contributed by atoms with E-state index >= 15 is 0 Å². The van der Waals surface area contributed by atoms with Crippen LogP contribution in [0.5, 0.6) is 0 Å². The van der Waals surface area contributed by atoms with Crippen LogP contribution in [0, 0.1) is 0 Å². The van der Waals surface area contributed by atoms with Crippen molar-refractivity contribution in [2.75, 3.05) is 13.2 Å². The van der Waals surface area contributed by atoms with Crippen LogP contribution in [-0.2, 0) is 4.74 Å². The van der Waals surface area contributed by atoms with Crippen molar-refractivity contribution in [3.05, 3.63) is 92.1 Å². The number of ether oxygens (including phenoxy) is 1.